The SMILES string of the molecule is C1CCC(NC2CCCCC2)CC1.CCCc1nn(C)c2c(=O)n(CCOc3ccc(CC(OCC)C(=O)O)cc3)c(C)nc12. The van der Waals surface area contributed by atoms with E-state index in [1.807, 2.05) is 19.1 Å². The number of fused-ring (bicyclic) bond motifs is 1. The van der Waals surface area contributed by atoms with Crippen molar-refractivity contribution in [2.75, 3.05) is 13.2 Å². The Balaban J connectivity index is 0.000000293. The van der Waals surface area contributed by atoms with Crippen LogP contribution in [0.3, 0.4) is 0 Å². The second-order valence-electron chi connectivity index (χ2n) is 12.4. The third kappa shape index (κ3) is 9.87. The van der Waals surface area contributed by atoms with Gasteiger partial charge in [-0.15, -0.1) is 0 Å². The number of aryl methyl sites for hydroxylation is 3. The van der Waals surface area contributed by atoms with Crippen LogP contribution < -0.4 is 15.6 Å². The van der Waals surface area contributed by atoms with Crippen molar-refractivity contribution in [3.05, 3.63) is 51.7 Å². The van der Waals surface area contributed by atoms with Crippen LogP contribution in [0.15, 0.2) is 29.1 Å². The smallest absolute Gasteiger partial charge is 0.333 e. The van der Waals surface area contributed by atoms with Gasteiger partial charge in [-0.05, 0) is 63.6 Å². The summed E-state index contributed by atoms with van der Waals surface area (Å²) in [4.78, 5) is 28.9. The highest BCUT2D eigenvalue weighted by atomic mass is 16.5. The lowest BCUT2D eigenvalue weighted by Crippen LogP contribution is -2.40. The summed E-state index contributed by atoms with van der Waals surface area (Å²) in [6.07, 6.45) is 15.7. The third-order valence-electron chi connectivity index (χ3n) is 8.94. The maximum absolute atomic E-state index is 13.0. The Kier molecular flexibility index (Phi) is 13.4. The van der Waals surface area contributed by atoms with Crippen molar-refractivity contribution >= 4 is 17.0 Å². The fourth-order valence-corrected chi connectivity index (χ4v) is 6.57. The van der Waals surface area contributed by atoms with Gasteiger partial charge in [-0.1, -0.05) is 64.0 Å². The Morgan fingerprint density at radius 3 is 2.20 bits per heavy atom. The van der Waals surface area contributed by atoms with Crippen LogP contribution >= 0.6 is 0 Å². The van der Waals surface area contributed by atoms with E-state index in [4.69, 9.17) is 9.47 Å². The number of nitrogens with one attached hydrogen (secondary N) is 1. The largest absolute Gasteiger partial charge is 0.492 e. The Morgan fingerprint density at radius 1 is 1.02 bits per heavy atom. The lowest BCUT2D eigenvalue weighted by atomic mass is 9.91. The first kappa shape index (κ1) is 34.6. The van der Waals surface area contributed by atoms with Crippen molar-refractivity contribution in [1.82, 2.24) is 24.6 Å². The molecule has 10 heteroatoms. The topological polar surface area (TPSA) is 120 Å². The number of rotatable bonds is 13. The fraction of sp³-hybridized carbons (Fsp3) is 0.657. The number of carboxylic acids is 1. The number of hydrogen-bond acceptors (Lipinski definition) is 7. The predicted molar refractivity (Wildman–Crippen MR) is 177 cm³/mol. The Labute approximate surface area is 267 Å². The molecule has 45 heavy (non-hydrogen) atoms. The van der Waals surface area contributed by atoms with E-state index in [1.54, 1.807) is 35.4 Å². The van der Waals surface area contributed by atoms with E-state index in [1.165, 1.54) is 64.2 Å². The van der Waals surface area contributed by atoms with Gasteiger partial charge < -0.3 is 19.9 Å². The third-order valence-corrected chi connectivity index (χ3v) is 8.94. The number of hydrogen-bond donors (Lipinski definition) is 2. The zero-order valence-electron chi connectivity index (χ0n) is 27.7. The molecule has 2 aliphatic rings. The van der Waals surface area contributed by atoms with E-state index in [0.717, 1.165) is 36.2 Å². The molecule has 5 rings (SSSR count). The maximum atomic E-state index is 13.0. The number of nitrogens with zero attached hydrogens (tertiary/aromatic N) is 4. The lowest BCUT2D eigenvalue weighted by Gasteiger charge is -2.30. The molecule has 0 aliphatic heterocycles. The molecule has 1 unspecified atom stereocenters. The lowest BCUT2D eigenvalue weighted by molar-refractivity contribution is -0.149. The molecule has 0 amide bonds. The highest BCUT2D eigenvalue weighted by Gasteiger charge is 2.20. The molecule has 2 N–H and O–H groups in total. The van der Waals surface area contributed by atoms with Gasteiger partial charge in [-0.25, -0.2) is 9.78 Å². The molecule has 1 aromatic carbocycles. The quantitative estimate of drug-likeness (QED) is 0.247. The summed E-state index contributed by atoms with van der Waals surface area (Å²) in [7, 11) is 1.77. The van der Waals surface area contributed by atoms with E-state index in [2.05, 4.69) is 22.3 Å². The van der Waals surface area contributed by atoms with Crippen LogP contribution in [0.4, 0.5) is 0 Å². The maximum Gasteiger partial charge on any atom is 0.333 e. The van der Waals surface area contributed by atoms with Gasteiger partial charge in [0, 0.05) is 32.2 Å². The van der Waals surface area contributed by atoms with Crippen molar-refractivity contribution in [1.29, 1.82) is 0 Å². The summed E-state index contributed by atoms with van der Waals surface area (Å²) >= 11 is 0. The van der Waals surface area contributed by atoms with Crippen molar-refractivity contribution in [2.24, 2.45) is 7.05 Å². The minimum atomic E-state index is -0.978. The van der Waals surface area contributed by atoms with Gasteiger partial charge in [0.05, 0.1) is 12.2 Å². The Bertz CT molecular complexity index is 1390. The molecule has 2 heterocycles. The van der Waals surface area contributed by atoms with Gasteiger partial charge in [0.15, 0.2) is 11.6 Å². The minimum Gasteiger partial charge on any atom is -0.492 e. The normalized spacial score (nSPS) is 16.7. The number of aliphatic carboxylic acids is 1. The number of carboxylic acid groups (broad SMARTS) is 1. The average molecular weight is 624 g/mol. The van der Waals surface area contributed by atoms with Gasteiger partial charge in [-0.2, -0.15) is 5.10 Å². The monoisotopic (exact) mass is 623 g/mol. The number of benzene rings is 1. The summed E-state index contributed by atoms with van der Waals surface area (Å²) in [6, 6.07) is 8.96. The van der Waals surface area contributed by atoms with Gasteiger partial charge in [0.1, 0.15) is 23.7 Å². The van der Waals surface area contributed by atoms with Crippen LogP contribution in [-0.2, 0) is 36.0 Å². The molecule has 0 bridgehead atoms. The van der Waals surface area contributed by atoms with E-state index in [0.29, 0.717) is 42.4 Å². The molecule has 0 radical (unpaired) electrons. The molecule has 2 fully saturated rings. The highest BCUT2D eigenvalue weighted by Crippen LogP contribution is 2.23. The molecule has 1 atom stereocenters. The first-order valence-corrected chi connectivity index (χ1v) is 17.1. The molecule has 2 saturated carbocycles. The molecular weight excluding hydrogens is 570 g/mol. The zero-order chi connectivity index (χ0) is 32.2. The summed E-state index contributed by atoms with van der Waals surface area (Å²) < 4.78 is 14.3. The molecule has 2 aliphatic carbocycles. The zero-order valence-corrected chi connectivity index (χ0v) is 27.7. The van der Waals surface area contributed by atoms with E-state index >= 15 is 0 Å². The van der Waals surface area contributed by atoms with Crippen molar-refractivity contribution in [2.45, 2.75) is 129 Å². The van der Waals surface area contributed by atoms with Crippen LogP contribution in [0.5, 0.6) is 5.75 Å². The summed E-state index contributed by atoms with van der Waals surface area (Å²) in [5.74, 6) is 0.291. The summed E-state index contributed by atoms with van der Waals surface area (Å²) in [6.45, 7) is 6.65. The molecule has 248 valence electrons. The summed E-state index contributed by atoms with van der Waals surface area (Å²) in [5.41, 5.74) is 2.75. The van der Waals surface area contributed by atoms with Gasteiger partial charge in [-0.3, -0.25) is 14.0 Å². The second kappa shape index (κ2) is 17.5. The number of ether oxygens (including phenoxy) is 2. The molecule has 3 aromatic rings. The molecule has 0 spiro atoms. The van der Waals surface area contributed by atoms with E-state index in [9.17, 15) is 14.7 Å². The van der Waals surface area contributed by atoms with E-state index in [-0.39, 0.29) is 12.0 Å². The number of aromatic nitrogens is 4. The van der Waals surface area contributed by atoms with Crippen molar-refractivity contribution < 1.29 is 19.4 Å². The Morgan fingerprint density at radius 2 is 1.64 bits per heavy atom. The first-order chi connectivity index (χ1) is 21.8. The van der Waals surface area contributed by atoms with Crippen LogP contribution in [0.1, 0.15) is 102 Å². The number of carbonyl (C=O) groups is 1. The van der Waals surface area contributed by atoms with E-state index < -0.39 is 12.1 Å². The summed E-state index contributed by atoms with van der Waals surface area (Å²) in [5, 5.41) is 17.5. The van der Waals surface area contributed by atoms with Crippen LogP contribution in [0.2, 0.25) is 0 Å². The Hall–Kier alpha value is -3.24. The highest BCUT2D eigenvalue weighted by molar-refractivity contribution is 5.76. The van der Waals surface area contributed by atoms with Gasteiger partial charge in [0.25, 0.3) is 5.56 Å². The molecular formula is C35H53N5O5. The fourth-order valence-electron chi connectivity index (χ4n) is 6.57. The van der Waals surface area contributed by atoms with Crippen molar-refractivity contribution in [3.63, 3.8) is 0 Å². The second-order valence-corrected chi connectivity index (χ2v) is 12.4. The minimum absolute atomic E-state index is 0.126. The molecule has 2 aromatic heterocycles. The molecule has 0 saturated heterocycles. The van der Waals surface area contributed by atoms with Crippen LogP contribution in [0.25, 0.3) is 11.0 Å². The van der Waals surface area contributed by atoms with Gasteiger partial charge >= 0.3 is 5.97 Å². The first-order valence-electron chi connectivity index (χ1n) is 17.1. The van der Waals surface area contributed by atoms with Crippen LogP contribution in [-0.4, -0.2) is 61.8 Å². The van der Waals surface area contributed by atoms with Crippen molar-refractivity contribution in [3.8, 4) is 5.75 Å². The average Bonchev–Trinajstić information content (AvgIpc) is 3.35. The standard InChI is InChI=1S/C23H30N4O5.C12H23N/c1-5-7-18-20-21(26(4)25-18)22(28)27(15(3)24-20)12-13-32-17-10-8-16(9-11-17)14-19(23(29)30)31-6-2;1-3-7-11(8-4-1)13-12-9-5-2-6-10-12/h8-11,19H,5-7,12-14H2,1-4H3,(H,29,30);11-13H,1-10H2. The van der Waals surface area contributed by atoms with Crippen LogP contribution in [0, 0.1) is 6.92 Å². The predicted octanol–water partition coefficient (Wildman–Crippen LogP) is 5.74. The van der Waals surface area contributed by atoms with Gasteiger partial charge in [0.2, 0.25) is 0 Å². The molecule has 10 nitrogen and oxygen atoms in total.